The second-order valence-electron chi connectivity index (χ2n) is 11.1. The van der Waals surface area contributed by atoms with Crippen LogP contribution >= 0.6 is 15.9 Å². The maximum absolute atomic E-state index is 13.8. The van der Waals surface area contributed by atoms with Gasteiger partial charge in [0.25, 0.3) is 5.56 Å². The van der Waals surface area contributed by atoms with Crippen LogP contribution in [-0.2, 0) is 27.0 Å². The molecule has 2 aromatic heterocycles. The minimum absolute atomic E-state index is 0.131. The molecule has 0 saturated carbocycles. The Balaban J connectivity index is 1.51. The van der Waals surface area contributed by atoms with Crippen LogP contribution in [0.1, 0.15) is 16.7 Å². The van der Waals surface area contributed by atoms with Crippen LogP contribution in [0.3, 0.4) is 0 Å². The number of benzene rings is 3. The van der Waals surface area contributed by atoms with Gasteiger partial charge in [0.1, 0.15) is 11.5 Å². The first-order valence-corrected chi connectivity index (χ1v) is 16.8. The number of ether oxygens (including phenoxy) is 3. The minimum Gasteiger partial charge on any atom is -0.496 e. The van der Waals surface area contributed by atoms with Gasteiger partial charge in [0.15, 0.2) is 19.0 Å². The van der Waals surface area contributed by atoms with E-state index in [2.05, 4.69) is 20.9 Å². The fourth-order valence-corrected chi connectivity index (χ4v) is 6.87. The summed E-state index contributed by atoms with van der Waals surface area (Å²) in [5.41, 5.74) is 0.0166. The highest BCUT2D eigenvalue weighted by Gasteiger charge is 2.33. The Kier molecular flexibility index (Phi) is 10.2. The Morgan fingerprint density at radius 1 is 0.960 bits per heavy atom. The summed E-state index contributed by atoms with van der Waals surface area (Å²) >= 11 is 3.29. The molecule has 3 aromatic carbocycles. The van der Waals surface area contributed by atoms with Crippen LogP contribution in [0, 0.1) is 6.92 Å². The number of amides is 1. The van der Waals surface area contributed by atoms with E-state index in [0.29, 0.717) is 21.3 Å². The monoisotopic (exact) mass is 789 g/mol. The van der Waals surface area contributed by atoms with Gasteiger partial charge in [-0.05, 0) is 54.4 Å². The number of nitrogens with zero attached hydrogens (tertiary/aromatic N) is 1. The van der Waals surface area contributed by atoms with Crippen LogP contribution in [0.25, 0.3) is 27.4 Å². The zero-order valence-electron chi connectivity index (χ0n) is 26.0. The van der Waals surface area contributed by atoms with Crippen LogP contribution < -0.4 is 24.5 Å². The van der Waals surface area contributed by atoms with Crippen molar-refractivity contribution in [2.75, 3.05) is 20.3 Å². The summed E-state index contributed by atoms with van der Waals surface area (Å²) in [5.74, 6) is -2.05. The smallest absolute Gasteiger partial charge is 0.422 e. The third-order valence-electron chi connectivity index (χ3n) is 7.26. The van der Waals surface area contributed by atoms with Crippen molar-refractivity contribution in [1.82, 2.24) is 14.3 Å². The molecule has 0 aliphatic carbocycles. The van der Waals surface area contributed by atoms with E-state index in [1.807, 2.05) is 4.72 Å². The molecular formula is C32H26BrF6N3O7S. The number of H-pyrrole nitrogens is 1. The Labute approximate surface area is 288 Å². The van der Waals surface area contributed by atoms with Gasteiger partial charge in [-0.2, -0.15) is 26.3 Å². The molecule has 0 saturated heterocycles. The van der Waals surface area contributed by atoms with Gasteiger partial charge in [-0.15, -0.1) is 0 Å². The molecule has 0 atom stereocenters. The fraction of sp³-hybridized carbons (Fsp3) is 0.250. The quantitative estimate of drug-likeness (QED) is 0.144. The van der Waals surface area contributed by atoms with E-state index in [1.165, 1.54) is 50.6 Å². The second kappa shape index (κ2) is 13.9. The average molecular weight is 791 g/mol. The molecule has 10 nitrogen and oxygen atoms in total. The van der Waals surface area contributed by atoms with Crippen LogP contribution in [0.2, 0.25) is 0 Å². The van der Waals surface area contributed by atoms with Crippen molar-refractivity contribution in [2.45, 2.75) is 31.5 Å². The number of hydrogen-bond acceptors (Lipinski definition) is 7. The van der Waals surface area contributed by atoms with Crippen molar-refractivity contribution in [3.63, 3.8) is 0 Å². The first-order valence-electron chi connectivity index (χ1n) is 14.4. The van der Waals surface area contributed by atoms with E-state index in [1.54, 1.807) is 18.2 Å². The van der Waals surface area contributed by atoms with E-state index in [0.717, 1.165) is 10.8 Å². The molecular weight excluding hydrogens is 764 g/mol. The lowest BCUT2D eigenvalue weighted by molar-refractivity contribution is -0.154. The number of aromatic nitrogens is 2. The van der Waals surface area contributed by atoms with Crippen molar-refractivity contribution in [2.24, 2.45) is 0 Å². The number of aryl methyl sites for hydroxylation is 1. The zero-order valence-corrected chi connectivity index (χ0v) is 28.4. The number of pyridine rings is 1. The van der Waals surface area contributed by atoms with Crippen LogP contribution in [-0.4, -0.2) is 56.6 Å². The first kappa shape index (κ1) is 36.6. The number of carbonyl (C=O) groups is 1. The van der Waals surface area contributed by atoms with Crippen molar-refractivity contribution in [1.29, 1.82) is 0 Å². The molecule has 0 radical (unpaired) electrons. The molecule has 50 heavy (non-hydrogen) atoms. The Hall–Kier alpha value is -4.71. The molecule has 0 bridgehead atoms. The van der Waals surface area contributed by atoms with Crippen LogP contribution in [0.5, 0.6) is 17.2 Å². The predicted molar refractivity (Wildman–Crippen MR) is 174 cm³/mol. The van der Waals surface area contributed by atoms with Gasteiger partial charge in [-0.3, -0.25) is 18.9 Å². The van der Waals surface area contributed by atoms with E-state index < -0.39 is 69.7 Å². The molecule has 266 valence electrons. The SMILES string of the molecule is COc1ccc(Br)cc1CC(=O)NS(=O)(=O)Cc1ccc(-n2cc3c(OCC(F)(F)F)c4[nH]cccc4c(OCC(F)(F)F)c3c2=O)c(C)c1. The van der Waals surface area contributed by atoms with Crippen LogP contribution in [0.15, 0.2) is 70.2 Å². The summed E-state index contributed by atoms with van der Waals surface area (Å²) < 4.78 is 124. The van der Waals surface area contributed by atoms with Gasteiger partial charge >= 0.3 is 12.4 Å². The normalized spacial score (nSPS) is 12.3. The van der Waals surface area contributed by atoms with Gasteiger partial charge in [-0.25, -0.2) is 8.42 Å². The average Bonchev–Trinajstić information content (AvgIpc) is 3.33. The number of sulfonamides is 1. The molecule has 0 aliphatic rings. The third-order valence-corrected chi connectivity index (χ3v) is 9.01. The van der Waals surface area contributed by atoms with Gasteiger partial charge in [0.2, 0.25) is 15.9 Å². The molecule has 0 spiro atoms. The van der Waals surface area contributed by atoms with Crippen molar-refractivity contribution < 1.29 is 53.8 Å². The third kappa shape index (κ3) is 8.35. The summed E-state index contributed by atoms with van der Waals surface area (Å²) in [7, 11) is -2.81. The molecule has 2 heterocycles. The second-order valence-corrected chi connectivity index (χ2v) is 13.7. The van der Waals surface area contributed by atoms with Gasteiger partial charge in [0.05, 0.1) is 41.3 Å². The number of alkyl halides is 6. The first-order chi connectivity index (χ1) is 23.4. The van der Waals surface area contributed by atoms with Crippen molar-refractivity contribution >= 4 is 53.5 Å². The molecule has 0 aliphatic heterocycles. The van der Waals surface area contributed by atoms with Gasteiger partial charge in [0, 0.05) is 27.8 Å². The van der Waals surface area contributed by atoms with Crippen LogP contribution in [0.4, 0.5) is 26.3 Å². The number of aromatic amines is 1. The number of halogens is 7. The van der Waals surface area contributed by atoms with E-state index in [-0.39, 0.29) is 34.0 Å². The maximum atomic E-state index is 13.8. The summed E-state index contributed by atoms with van der Waals surface area (Å²) in [4.78, 5) is 29.1. The van der Waals surface area contributed by atoms with Crippen molar-refractivity contribution in [3.8, 4) is 22.9 Å². The Bertz CT molecular complexity index is 2270. The lowest BCUT2D eigenvalue weighted by Crippen LogP contribution is -2.32. The highest BCUT2D eigenvalue weighted by atomic mass is 79.9. The standard InChI is InChI=1S/C32H26BrF6N3O7S/c1-17-10-18(14-50(45,46)41-25(43)12-19-11-20(33)6-8-24(19)47-2)5-7-23(17)42-13-22-26(30(42)44)28(48-15-31(34,35)36)21-4-3-9-40-27(21)29(22)49-16-32(37,38)39/h3-11,13,40H,12,14-16H2,1-2H3,(H,41,43). The lowest BCUT2D eigenvalue weighted by atomic mass is 10.1. The number of rotatable bonds is 11. The molecule has 18 heteroatoms. The summed E-state index contributed by atoms with van der Waals surface area (Å²) in [6, 6.07) is 11.7. The van der Waals surface area contributed by atoms with Crippen molar-refractivity contribution in [3.05, 3.63) is 92.4 Å². The highest BCUT2D eigenvalue weighted by Crippen LogP contribution is 2.42. The maximum Gasteiger partial charge on any atom is 0.422 e. The molecule has 2 N–H and O–H groups in total. The molecule has 5 aromatic rings. The largest absolute Gasteiger partial charge is 0.496 e. The van der Waals surface area contributed by atoms with E-state index >= 15 is 0 Å². The van der Waals surface area contributed by atoms with Gasteiger partial charge < -0.3 is 19.2 Å². The summed E-state index contributed by atoms with van der Waals surface area (Å²) in [6.45, 7) is -2.05. The summed E-state index contributed by atoms with van der Waals surface area (Å²) in [5, 5.41) is -0.856. The summed E-state index contributed by atoms with van der Waals surface area (Å²) in [6.07, 6.45) is -7.48. The molecule has 0 unspecified atom stereocenters. The number of methoxy groups -OCH3 is 1. The fourth-order valence-electron chi connectivity index (χ4n) is 5.35. The molecule has 1 amide bonds. The lowest BCUT2D eigenvalue weighted by Gasteiger charge is -2.16. The number of hydrogen-bond donors (Lipinski definition) is 2. The Morgan fingerprint density at radius 3 is 2.28 bits per heavy atom. The van der Waals surface area contributed by atoms with E-state index in [9.17, 15) is 44.3 Å². The topological polar surface area (TPSA) is 129 Å². The predicted octanol–water partition coefficient (Wildman–Crippen LogP) is 6.62. The molecule has 5 rings (SSSR count). The molecule has 0 fully saturated rings. The zero-order chi connectivity index (χ0) is 36.6. The van der Waals surface area contributed by atoms with Gasteiger partial charge in [-0.1, -0.05) is 28.1 Å². The minimum atomic E-state index is -4.81. The number of carbonyl (C=O) groups excluding carboxylic acids is 1. The van der Waals surface area contributed by atoms with E-state index in [4.69, 9.17) is 14.2 Å². The number of fused-ring (bicyclic) bond motifs is 2. The number of nitrogens with one attached hydrogen (secondary N) is 2. The Morgan fingerprint density at radius 2 is 1.64 bits per heavy atom. The highest BCUT2D eigenvalue weighted by molar-refractivity contribution is 9.10.